The third kappa shape index (κ3) is 4.95. The number of thioether (sulfide) groups is 1. The highest BCUT2D eigenvalue weighted by atomic mass is 32.2. The van der Waals surface area contributed by atoms with Gasteiger partial charge in [0.1, 0.15) is 5.75 Å². The number of phenolic OH excluding ortho intramolecular Hbond substituents is 1. The number of phenols is 1. The number of benzene rings is 2. The Kier molecular flexibility index (Phi) is 6.04. The predicted molar refractivity (Wildman–Crippen MR) is 120 cm³/mol. The second-order valence-electron chi connectivity index (χ2n) is 9.90. The fourth-order valence-corrected chi connectivity index (χ4v) is 7.65. The van der Waals surface area contributed by atoms with Gasteiger partial charge in [-0.05, 0) is 33.9 Å². The molecule has 0 radical (unpaired) electrons. The molecule has 2 rings (SSSR count). The van der Waals surface area contributed by atoms with E-state index in [2.05, 4.69) is 91.0 Å². The van der Waals surface area contributed by atoms with E-state index in [-0.39, 0.29) is 10.8 Å². The summed E-state index contributed by atoms with van der Waals surface area (Å²) in [6.07, 6.45) is 0. The Morgan fingerprint density at radius 3 is 1.88 bits per heavy atom. The molecule has 3 heteroatoms. The summed E-state index contributed by atoms with van der Waals surface area (Å²) in [5.74, 6) is 0.423. The molecule has 2 aromatic rings. The molecule has 2 aromatic carbocycles. The monoisotopic (exact) mass is 386 g/mol. The fraction of sp³-hybridized carbons (Fsp3) is 0.478. The summed E-state index contributed by atoms with van der Waals surface area (Å²) in [6, 6.07) is 15.2. The molecule has 0 aliphatic carbocycles. The molecule has 0 heterocycles. The molecule has 0 aliphatic rings. The van der Waals surface area contributed by atoms with Crippen LogP contribution in [0.1, 0.15) is 52.7 Å². The first-order valence-corrected chi connectivity index (χ1v) is 13.6. The van der Waals surface area contributed by atoms with Crippen LogP contribution >= 0.6 is 11.8 Å². The lowest BCUT2D eigenvalue weighted by Crippen LogP contribution is -2.44. The van der Waals surface area contributed by atoms with Gasteiger partial charge in [-0.1, -0.05) is 90.2 Å². The van der Waals surface area contributed by atoms with Crippen LogP contribution in [0.2, 0.25) is 13.1 Å². The number of hydrogen-bond donors (Lipinski definition) is 1. The van der Waals surface area contributed by atoms with E-state index in [1.54, 1.807) is 0 Å². The van der Waals surface area contributed by atoms with Crippen LogP contribution in [0.4, 0.5) is 0 Å². The summed E-state index contributed by atoms with van der Waals surface area (Å²) in [6.45, 7) is 18.0. The van der Waals surface area contributed by atoms with Gasteiger partial charge in [-0.15, -0.1) is 11.8 Å². The molecule has 1 nitrogen and oxygen atoms in total. The summed E-state index contributed by atoms with van der Waals surface area (Å²) < 4.78 is 0. The van der Waals surface area contributed by atoms with Crippen molar-refractivity contribution in [1.29, 1.82) is 0 Å². The first-order valence-electron chi connectivity index (χ1n) is 9.39. The van der Waals surface area contributed by atoms with Gasteiger partial charge in [0.05, 0.1) is 8.07 Å². The van der Waals surface area contributed by atoms with Crippen molar-refractivity contribution >= 4 is 25.0 Å². The van der Waals surface area contributed by atoms with Gasteiger partial charge in [-0.2, -0.15) is 0 Å². The standard InChI is InChI=1S/C23H34OSSi/c1-22(2,3)18-15-21(19(14-20(18)24)23(4,5)6)25-16-26(7,8)17-12-10-9-11-13-17/h9-15,24H,16H2,1-8H3. The Hall–Kier alpha value is -1.19. The van der Waals surface area contributed by atoms with Crippen molar-refractivity contribution in [2.24, 2.45) is 0 Å². The largest absolute Gasteiger partial charge is 0.508 e. The average Bonchev–Trinajstić information content (AvgIpc) is 2.52. The van der Waals surface area contributed by atoms with E-state index in [0.717, 1.165) is 10.9 Å². The predicted octanol–water partition coefficient (Wildman–Crippen LogP) is 6.23. The maximum absolute atomic E-state index is 10.6. The molecular formula is C23H34OSSi. The van der Waals surface area contributed by atoms with Gasteiger partial charge < -0.3 is 5.11 Å². The zero-order valence-corrected chi connectivity index (χ0v) is 19.4. The molecule has 0 spiro atoms. The van der Waals surface area contributed by atoms with Crippen molar-refractivity contribution in [1.82, 2.24) is 0 Å². The van der Waals surface area contributed by atoms with E-state index in [0.29, 0.717) is 5.75 Å². The van der Waals surface area contributed by atoms with Crippen molar-refractivity contribution < 1.29 is 5.11 Å². The SMILES string of the molecule is CC(C)(C)c1cc(SC[Si](C)(C)c2ccccc2)c(C(C)(C)C)cc1O. The van der Waals surface area contributed by atoms with Crippen molar-refractivity contribution in [3.05, 3.63) is 53.6 Å². The molecule has 0 saturated carbocycles. The molecule has 1 N–H and O–H groups in total. The second kappa shape index (κ2) is 7.44. The van der Waals surface area contributed by atoms with Crippen LogP contribution in [0.5, 0.6) is 5.75 Å². The molecule has 0 atom stereocenters. The Labute approximate surface area is 165 Å². The Morgan fingerprint density at radius 2 is 1.38 bits per heavy atom. The summed E-state index contributed by atoms with van der Waals surface area (Å²) >= 11 is 1.97. The zero-order valence-electron chi connectivity index (χ0n) is 17.6. The van der Waals surface area contributed by atoms with Crippen LogP contribution in [0.25, 0.3) is 0 Å². The minimum atomic E-state index is -1.52. The molecule has 0 amide bonds. The van der Waals surface area contributed by atoms with Gasteiger partial charge in [0.15, 0.2) is 0 Å². The Balaban J connectivity index is 2.41. The summed E-state index contributed by atoms with van der Waals surface area (Å²) in [5, 5.41) is 13.3. The Bertz CT molecular complexity index is 752. The fourth-order valence-electron chi connectivity index (χ4n) is 3.11. The van der Waals surface area contributed by atoms with E-state index in [9.17, 15) is 5.11 Å². The maximum Gasteiger partial charge on any atom is 0.119 e. The lowest BCUT2D eigenvalue weighted by molar-refractivity contribution is 0.441. The van der Waals surface area contributed by atoms with Crippen molar-refractivity contribution in [3.8, 4) is 5.75 Å². The van der Waals surface area contributed by atoms with E-state index in [1.807, 2.05) is 17.8 Å². The van der Waals surface area contributed by atoms with E-state index >= 15 is 0 Å². The molecule has 26 heavy (non-hydrogen) atoms. The quantitative estimate of drug-likeness (QED) is 0.496. The zero-order chi connectivity index (χ0) is 19.8. The average molecular weight is 387 g/mol. The van der Waals surface area contributed by atoms with Gasteiger partial charge >= 0.3 is 0 Å². The van der Waals surface area contributed by atoms with Crippen LogP contribution < -0.4 is 5.19 Å². The normalized spacial score (nSPS) is 13.1. The highest BCUT2D eigenvalue weighted by Gasteiger charge is 2.28. The first-order chi connectivity index (χ1) is 11.8. The second-order valence-corrected chi connectivity index (χ2v) is 16.1. The third-order valence-electron chi connectivity index (χ3n) is 4.86. The van der Waals surface area contributed by atoms with Gasteiger partial charge in [0.25, 0.3) is 0 Å². The highest BCUT2D eigenvalue weighted by Crippen LogP contribution is 2.41. The molecule has 0 aromatic heterocycles. The molecular weight excluding hydrogens is 352 g/mol. The highest BCUT2D eigenvalue weighted by molar-refractivity contribution is 8.01. The van der Waals surface area contributed by atoms with E-state index < -0.39 is 8.07 Å². The van der Waals surface area contributed by atoms with Crippen LogP contribution in [0, 0.1) is 0 Å². The van der Waals surface area contributed by atoms with Gasteiger partial charge in [-0.25, -0.2) is 0 Å². The lowest BCUT2D eigenvalue weighted by atomic mass is 9.81. The van der Waals surface area contributed by atoms with E-state index in [4.69, 9.17) is 0 Å². The van der Waals surface area contributed by atoms with Crippen LogP contribution in [0.3, 0.4) is 0 Å². The van der Waals surface area contributed by atoms with Crippen molar-refractivity contribution in [3.63, 3.8) is 0 Å². The number of aromatic hydroxyl groups is 1. The third-order valence-corrected chi connectivity index (χ3v) is 10.9. The summed E-state index contributed by atoms with van der Waals surface area (Å²) in [7, 11) is -1.52. The summed E-state index contributed by atoms with van der Waals surface area (Å²) in [4.78, 5) is 1.32. The minimum absolute atomic E-state index is 0.00860. The minimum Gasteiger partial charge on any atom is -0.508 e. The van der Waals surface area contributed by atoms with Crippen molar-refractivity contribution in [2.75, 3.05) is 5.38 Å². The molecule has 0 aliphatic heterocycles. The van der Waals surface area contributed by atoms with Gasteiger partial charge in [0.2, 0.25) is 0 Å². The van der Waals surface area contributed by atoms with Crippen LogP contribution in [-0.4, -0.2) is 18.6 Å². The van der Waals surface area contributed by atoms with Gasteiger partial charge in [-0.3, -0.25) is 0 Å². The maximum atomic E-state index is 10.6. The van der Waals surface area contributed by atoms with Crippen LogP contribution in [0.15, 0.2) is 47.4 Å². The lowest BCUT2D eigenvalue weighted by Gasteiger charge is -2.29. The molecule has 0 bridgehead atoms. The molecule has 0 fully saturated rings. The summed E-state index contributed by atoms with van der Waals surface area (Å²) in [5.41, 5.74) is 2.22. The van der Waals surface area contributed by atoms with Gasteiger partial charge in [0, 0.05) is 10.5 Å². The van der Waals surface area contributed by atoms with Crippen LogP contribution in [-0.2, 0) is 10.8 Å². The molecule has 0 saturated heterocycles. The Morgan fingerprint density at radius 1 is 0.846 bits per heavy atom. The smallest absolute Gasteiger partial charge is 0.119 e. The van der Waals surface area contributed by atoms with E-state index in [1.165, 1.54) is 15.6 Å². The molecule has 142 valence electrons. The van der Waals surface area contributed by atoms with Crippen molar-refractivity contribution in [2.45, 2.75) is 70.4 Å². The topological polar surface area (TPSA) is 20.2 Å². The number of hydrogen-bond acceptors (Lipinski definition) is 2. The number of rotatable bonds is 4. The molecule has 0 unspecified atom stereocenters. The first kappa shape index (κ1) is 21.1.